The maximum Gasteiger partial charge on any atom is 0.115 e. The van der Waals surface area contributed by atoms with Crippen LogP contribution in [0.2, 0.25) is 0 Å². The molecule has 0 spiro atoms. The average molecular weight is 210 g/mol. The highest BCUT2D eigenvalue weighted by Crippen LogP contribution is 2.07. The SMILES string of the molecule is CC.CC(C)C.CC(C)c1ccncn1. The van der Waals surface area contributed by atoms with E-state index in [-0.39, 0.29) is 0 Å². The van der Waals surface area contributed by atoms with Gasteiger partial charge in [0.25, 0.3) is 0 Å². The molecule has 0 fully saturated rings. The number of aromatic nitrogens is 2. The zero-order valence-electron chi connectivity index (χ0n) is 11.3. The van der Waals surface area contributed by atoms with Gasteiger partial charge in [-0.15, -0.1) is 0 Å². The lowest BCUT2D eigenvalue weighted by molar-refractivity contribution is 0.737. The maximum absolute atomic E-state index is 4.07. The van der Waals surface area contributed by atoms with Gasteiger partial charge in [-0.2, -0.15) is 0 Å². The van der Waals surface area contributed by atoms with Crippen LogP contribution in [-0.4, -0.2) is 9.97 Å². The topological polar surface area (TPSA) is 25.8 Å². The first-order valence-electron chi connectivity index (χ1n) is 5.80. The van der Waals surface area contributed by atoms with Crippen molar-refractivity contribution in [3.63, 3.8) is 0 Å². The minimum Gasteiger partial charge on any atom is -0.245 e. The van der Waals surface area contributed by atoms with Crippen LogP contribution < -0.4 is 0 Å². The third kappa shape index (κ3) is 13.1. The number of rotatable bonds is 1. The molecule has 0 bridgehead atoms. The molecule has 0 aliphatic heterocycles. The van der Waals surface area contributed by atoms with Gasteiger partial charge >= 0.3 is 0 Å². The molecule has 0 atom stereocenters. The summed E-state index contributed by atoms with van der Waals surface area (Å²) in [5.74, 6) is 1.34. The van der Waals surface area contributed by atoms with Crippen molar-refractivity contribution in [2.45, 2.75) is 54.4 Å². The predicted molar refractivity (Wildman–Crippen MR) is 68.0 cm³/mol. The number of nitrogens with zero attached hydrogens (tertiary/aromatic N) is 2. The van der Waals surface area contributed by atoms with E-state index in [9.17, 15) is 0 Å². The van der Waals surface area contributed by atoms with Crippen LogP contribution in [0.1, 0.15) is 60.1 Å². The van der Waals surface area contributed by atoms with Crippen molar-refractivity contribution in [2.75, 3.05) is 0 Å². The largest absolute Gasteiger partial charge is 0.245 e. The van der Waals surface area contributed by atoms with E-state index in [0.29, 0.717) is 5.92 Å². The van der Waals surface area contributed by atoms with E-state index in [1.165, 1.54) is 0 Å². The Labute approximate surface area is 95.2 Å². The van der Waals surface area contributed by atoms with Crippen molar-refractivity contribution >= 4 is 0 Å². The molecule has 88 valence electrons. The fourth-order valence-corrected chi connectivity index (χ4v) is 0.642. The molecule has 0 aromatic carbocycles. The maximum atomic E-state index is 4.07. The van der Waals surface area contributed by atoms with Gasteiger partial charge in [0, 0.05) is 11.9 Å². The van der Waals surface area contributed by atoms with E-state index in [4.69, 9.17) is 0 Å². The molecule has 0 amide bonds. The Morgan fingerprint density at radius 1 is 1.00 bits per heavy atom. The van der Waals surface area contributed by atoms with Gasteiger partial charge in [0.2, 0.25) is 0 Å². The van der Waals surface area contributed by atoms with Gasteiger partial charge in [0.05, 0.1) is 0 Å². The Hall–Kier alpha value is -0.920. The zero-order valence-corrected chi connectivity index (χ0v) is 11.3. The average Bonchev–Trinajstić information content (AvgIpc) is 2.21. The fraction of sp³-hybridized carbons (Fsp3) is 0.692. The summed E-state index contributed by atoms with van der Waals surface area (Å²) in [5, 5.41) is 0. The molecule has 1 aromatic heterocycles. The standard InChI is InChI=1S/C7H10N2.C4H10.C2H6/c1-6(2)7-3-4-8-5-9-7;1-4(2)3;1-2/h3-6H,1-2H3;4H,1-3H3;1-2H3. The molecule has 1 aromatic rings. The zero-order chi connectivity index (χ0) is 12.3. The number of hydrogen-bond donors (Lipinski definition) is 0. The smallest absolute Gasteiger partial charge is 0.115 e. The first kappa shape index (κ1) is 16.5. The summed E-state index contributed by atoms with van der Waals surface area (Å²) in [4.78, 5) is 7.88. The summed E-state index contributed by atoms with van der Waals surface area (Å²) in [6.07, 6.45) is 3.34. The van der Waals surface area contributed by atoms with Gasteiger partial charge in [-0.25, -0.2) is 9.97 Å². The Bertz CT molecular complexity index is 202. The van der Waals surface area contributed by atoms with Crippen molar-refractivity contribution in [3.8, 4) is 0 Å². The Balaban J connectivity index is 0. The third-order valence-electron chi connectivity index (χ3n) is 1.20. The summed E-state index contributed by atoms with van der Waals surface area (Å²) in [6, 6.07) is 1.94. The lowest BCUT2D eigenvalue weighted by Gasteiger charge is -1.99. The van der Waals surface area contributed by atoms with Gasteiger partial charge < -0.3 is 0 Å². The molecule has 0 radical (unpaired) electrons. The van der Waals surface area contributed by atoms with E-state index in [1.54, 1.807) is 12.5 Å². The van der Waals surface area contributed by atoms with Crippen molar-refractivity contribution in [3.05, 3.63) is 24.3 Å². The van der Waals surface area contributed by atoms with E-state index < -0.39 is 0 Å². The molecule has 2 nitrogen and oxygen atoms in total. The molecule has 0 unspecified atom stereocenters. The summed E-state index contributed by atoms with van der Waals surface area (Å²) in [5.41, 5.74) is 1.10. The van der Waals surface area contributed by atoms with Crippen LogP contribution in [0.3, 0.4) is 0 Å². The van der Waals surface area contributed by atoms with Gasteiger partial charge in [-0.05, 0) is 17.9 Å². The van der Waals surface area contributed by atoms with Crippen molar-refractivity contribution in [1.82, 2.24) is 9.97 Å². The molecule has 15 heavy (non-hydrogen) atoms. The van der Waals surface area contributed by atoms with Gasteiger partial charge in [0.15, 0.2) is 0 Å². The molecule has 0 aliphatic rings. The van der Waals surface area contributed by atoms with Crippen LogP contribution in [0.5, 0.6) is 0 Å². The third-order valence-corrected chi connectivity index (χ3v) is 1.20. The first-order chi connectivity index (χ1) is 7.04. The second kappa shape index (κ2) is 11.2. The molecule has 1 rings (SSSR count). The fourth-order valence-electron chi connectivity index (χ4n) is 0.642. The quantitative estimate of drug-likeness (QED) is 0.691. The summed E-state index contributed by atoms with van der Waals surface area (Å²) < 4.78 is 0. The molecule has 2 heteroatoms. The molecule has 0 aliphatic carbocycles. The highest BCUT2D eigenvalue weighted by molar-refractivity contribution is 5.02. The van der Waals surface area contributed by atoms with Crippen molar-refractivity contribution < 1.29 is 0 Å². The molecule has 1 heterocycles. The van der Waals surface area contributed by atoms with Gasteiger partial charge in [-0.1, -0.05) is 48.5 Å². The van der Waals surface area contributed by atoms with E-state index >= 15 is 0 Å². The van der Waals surface area contributed by atoms with Crippen LogP contribution in [0.4, 0.5) is 0 Å². The second-order valence-electron chi connectivity index (χ2n) is 4.02. The molecular formula is C13H26N2. The van der Waals surface area contributed by atoms with Gasteiger partial charge in [0.1, 0.15) is 6.33 Å². The molecule has 0 N–H and O–H groups in total. The van der Waals surface area contributed by atoms with Crippen LogP contribution in [0.15, 0.2) is 18.6 Å². The monoisotopic (exact) mass is 210 g/mol. The van der Waals surface area contributed by atoms with E-state index in [2.05, 4.69) is 44.6 Å². The lowest BCUT2D eigenvalue weighted by Crippen LogP contribution is -1.90. The normalized spacial score (nSPS) is 8.87. The minimum absolute atomic E-state index is 0.507. The van der Waals surface area contributed by atoms with Crippen LogP contribution in [0, 0.1) is 5.92 Å². The lowest BCUT2D eigenvalue weighted by atomic mass is 10.1. The summed E-state index contributed by atoms with van der Waals surface area (Å²) in [7, 11) is 0. The Morgan fingerprint density at radius 2 is 1.47 bits per heavy atom. The predicted octanol–water partition coefficient (Wildman–Crippen LogP) is 4.29. The van der Waals surface area contributed by atoms with E-state index in [1.807, 2.05) is 19.9 Å². The van der Waals surface area contributed by atoms with Crippen molar-refractivity contribution in [1.29, 1.82) is 0 Å². The highest BCUT2D eigenvalue weighted by Gasteiger charge is 1.95. The number of hydrogen-bond acceptors (Lipinski definition) is 2. The highest BCUT2D eigenvalue weighted by atomic mass is 14.8. The summed E-state index contributed by atoms with van der Waals surface area (Å²) >= 11 is 0. The Morgan fingerprint density at radius 3 is 1.67 bits per heavy atom. The van der Waals surface area contributed by atoms with Crippen LogP contribution in [-0.2, 0) is 0 Å². The van der Waals surface area contributed by atoms with Crippen LogP contribution in [0.25, 0.3) is 0 Å². The molecule has 0 saturated heterocycles. The summed E-state index contributed by atoms with van der Waals surface area (Å²) in [6.45, 7) is 14.7. The molecular weight excluding hydrogens is 184 g/mol. The molecule has 0 saturated carbocycles. The van der Waals surface area contributed by atoms with Gasteiger partial charge in [-0.3, -0.25) is 0 Å². The van der Waals surface area contributed by atoms with E-state index in [0.717, 1.165) is 11.6 Å². The van der Waals surface area contributed by atoms with Crippen molar-refractivity contribution in [2.24, 2.45) is 5.92 Å². The van der Waals surface area contributed by atoms with Crippen LogP contribution >= 0.6 is 0 Å². The minimum atomic E-state index is 0.507. The Kier molecular flexibility index (Phi) is 12.3. The first-order valence-corrected chi connectivity index (χ1v) is 5.80. The second-order valence-corrected chi connectivity index (χ2v) is 4.02.